The van der Waals surface area contributed by atoms with E-state index in [4.69, 9.17) is 9.05 Å². The van der Waals surface area contributed by atoms with Gasteiger partial charge in [-0.15, -0.1) is 0 Å². The van der Waals surface area contributed by atoms with Gasteiger partial charge in [-0.25, -0.2) is 0 Å². The van der Waals surface area contributed by atoms with Crippen molar-refractivity contribution in [3.63, 3.8) is 0 Å². The summed E-state index contributed by atoms with van der Waals surface area (Å²) in [5.41, 5.74) is 0. The molecule has 0 N–H and O–H groups in total. The van der Waals surface area contributed by atoms with Gasteiger partial charge >= 0.3 is 0 Å². The van der Waals surface area contributed by atoms with Crippen LogP contribution < -0.4 is 0 Å². The highest BCUT2D eigenvalue weighted by Gasteiger charge is 2.33. The van der Waals surface area contributed by atoms with Crippen molar-refractivity contribution in [2.24, 2.45) is 0 Å². The van der Waals surface area contributed by atoms with E-state index in [-0.39, 0.29) is 0 Å². The van der Waals surface area contributed by atoms with Gasteiger partial charge in [-0.1, -0.05) is 10.3 Å². The van der Waals surface area contributed by atoms with Crippen LogP contribution >= 0.6 is 0 Å². The second kappa shape index (κ2) is 5.40. The summed E-state index contributed by atoms with van der Waals surface area (Å²) in [5.74, 6) is 4.76. The van der Waals surface area contributed by atoms with Gasteiger partial charge in [-0.3, -0.25) is 4.90 Å². The van der Waals surface area contributed by atoms with Crippen LogP contribution in [0.1, 0.15) is 79.7 Å². The fourth-order valence-electron chi connectivity index (χ4n) is 3.35. The summed E-state index contributed by atoms with van der Waals surface area (Å²) in [7, 11) is 0. The zero-order valence-electron chi connectivity index (χ0n) is 13.1. The van der Waals surface area contributed by atoms with Crippen LogP contribution in [-0.2, 0) is 6.54 Å². The highest BCUT2D eigenvalue weighted by atomic mass is 16.5. The molecule has 122 valence electrons. The number of aromatic nitrogens is 4. The maximum Gasteiger partial charge on any atom is 0.240 e. The maximum atomic E-state index is 5.41. The minimum atomic E-state index is 0.353. The average molecular weight is 315 g/mol. The normalized spacial score (nSPS) is 25.8. The van der Waals surface area contributed by atoms with E-state index in [0.29, 0.717) is 17.8 Å². The van der Waals surface area contributed by atoms with Crippen LogP contribution in [-0.4, -0.2) is 38.3 Å². The van der Waals surface area contributed by atoms with Crippen LogP contribution in [0.5, 0.6) is 0 Å². The summed E-state index contributed by atoms with van der Waals surface area (Å²) in [5, 5.41) is 8.31. The molecular formula is C16H21N5O2. The molecule has 2 aliphatic carbocycles. The maximum absolute atomic E-state index is 5.41. The molecule has 2 aromatic rings. The number of nitrogens with zero attached hydrogens (tertiary/aromatic N) is 5. The van der Waals surface area contributed by atoms with Gasteiger partial charge < -0.3 is 9.05 Å². The van der Waals surface area contributed by atoms with Gasteiger partial charge in [0.15, 0.2) is 11.6 Å². The first-order valence-electron chi connectivity index (χ1n) is 8.73. The molecule has 2 saturated carbocycles. The first-order valence-corrected chi connectivity index (χ1v) is 8.73. The van der Waals surface area contributed by atoms with Crippen molar-refractivity contribution in [3.8, 4) is 0 Å². The Kier molecular flexibility index (Phi) is 3.21. The van der Waals surface area contributed by atoms with E-state index in [1.165, 1.54) is 25.7 Å². The first-order chi connectivity index (χ1) is 11.3. The summed E-state index contributed by atoms with van der Waals surface area (Å²) < 4.78 is 10.8. The van der Waals surface area contributed by atoms with Crippen LogP contribution in [0.4, 0.5) is 0 Å². The molecule has 2 aromatic heterocycles. The number of hydrogen-bond donors (Lipinski definition) is 0. The lowest BCUT2D eigenvalue weighted by atomic mass is 9.97. The Hall–Kier alpha value is -1.76. The summed E-state index contributed by atoms with van der Waals surface area (Å²) in [6.07, 6.45) is 7.05. The van der Waals surface area contributed by atoms with Crippen molar-refractivity contribution in [1.82, 2.24) is 25.2 Å². The summed E-state index contributed by atoms with van der Waals surface area (Å²) in [6, 6.07) is 0. The van der Waals surface area contributed by atoms with E-state index in [1.807, 2.05) is 0 Å². The highest BCUT2D eigenvalue weighted by Crippen LogP contribution is 2.40. The highest BCUT2D eigenvalue weighted by molar-refractivity contribution is 5.06. The molecule has 1 unspecified atom stereocenters. The molecule has 5 rings (SSSR count). The minimum absolute atomic E-state index is 0.353. The summed E-state index contributed by atoms with van der Waals surface area (Å²) >= 11 is 0. The Bertz CT molecular complexity index is 688. The Morgan fingerprint density at radius 3 is 2.48 bits per heavy atom. The van der Waals surface area contributed by atoms with Gasteiger partial charge in [-0.2, -0.15) is 9.97 Å². The number of piperidine rings is 1. The van der Waals surface area contributed by atoms with Gasteiger partial charge in [0.05, 0.1) is 6.54 Å². The fourth-order valence-corrected chi connectivity index (χ4v) is 3.35. The van der Waals surface area contributed by atoms with Gasteiger partial charge in [0.2, 0.25) is 11.8 Å². The van der Waals surface area contributed by atoms with Crippen molar-refractivity contribution >= 4 is 0 Å². The van der Waals surface area contributed by atoms with Crippen LogP contribution in [0.15, 0.2) is 9.05 Å². The molecule has 3 heterocycles. The molecule has 1 saturated heterocycles. The summed E-state index contributed by atoms with van der Waals surface area (Å²) in [6.45, 7) is 2.72. The zero-order chi connectivity index (χ0) is 15.2. The van der Waals surface area contributed by atoms with Crippen molar-refractivity contribution in [1.29, 1.82) is 0 Å². The molecule has 23 heavy (non-hydrogen) atoms. The topological polar surface area (TPSA) is 81.1 Å². The number of rotatable bonds is 5. The van der Waals surface area contributed by atoms with E-state index in [9.17, 15) is 0 Å². The van der Waals surface area contributed by atoms with E-state index in [2.05, 4.69) is 25.2 Å². The van der Waals surface area contributed by atoms with Crippen LogP contribution in [0.3, 0.4) is 0 Å². The lowest BCUT2D eigenvalue weighted by Crippen LogP contribution is -2.34. The molecule has 7 heteroatoms. The minimum Gasteiger partial charge on any atom is -0.339 e. The van der Waals surface area contributed by atoms with Crippen LogP contribution in [0.25, 0.3) is 0 Å². The lowest BCUT2D eigenvalue weighted by molar-refractivity contribution is 0.173. The Morgan fingerprint density at radius 2 is 1.65 bits per heavy atom. The lowest BCUT2D eigenvalue weighted by Gasteiger charge is -2.29. The molecule has 0 aromatic carbocycles. The number of hydrogen-bond acceptors (Lipinski definition) is 7. The third-order valence-electron chi connectivity index (χ3n) is 5.04. The molecule has 0 amide bonds. The molecule has 3 aliphatic rings. The largest absolute Gasteiger partial charge is 0.339 e. The van der Waals surface area contributed by atoms with Gasteiger partial charge in [0.25, 0.3) is 0 Å². The predicted molar refractivity (Wildman–Crippen MR) is 79.8 cm³/mol. The average Bonchev–Trinajstić information content (AvgIpc) is 3.51. The van der Waals surface area contributed by atoms with E-state index < -0.39 is 0 Å². The number of likely N-dealkylation sites (tertiary alicyclic amines) is 1. The molecule has 0 radical (unpaired) electrons. The fraction of sp³-hybridized carbons (Fsp3) is 0.750. The van der Waals surface area contributed by atoms with Crippen LogP contribution in [0.2, 0.25) is 0 Å². The molecule has 1 aliphatic heterocycles. The Morgan fingerprint density at radius 1 is 0.870 bits per heavy atom. The second-order valence-corrected chi connectivity index (χ2v) is 7.16. The van der Waals surface area contributed by atoms with E-state index in [0.717, 1.165) is 55.9 Å². The Labute approximate surface area is 134 Å². The van der Waals surface area contributed by atoms with Crippen molar-refractivity contribution in [2.75, 3.05) is 13.1 Å². The first kappa shape index (κ1) is 13.7. The van der Waals surface area contributed by atoms with Crippen molar-refractivity contribution in [2.45, 2.75) is 62.8 Å². The molecule has 1 atom stereocenters. The molecular weight excluding hydrogens is 294 g/mol. The Balaban J connectivity index is 1.24. The van der Waals surface area contributed by atoms with E-state index in [1.54, 1.807) is 0 Å². The van der Waals surface area contributed by atoms with Gasteiger partial charge in [0.1, 0.15) is 0 Å². The van der Waals surface area contributed by atoms with E-state index >= 15 is 0 Å². The molecule has 3 fully saturated rings. The third kappa shape index (κ3) is 2.89. The van der Waals surface area contributed by atoms with Crippen LogP contribution in [0, 0.1) is 0 Å². The molecule has 0 bridgehead atoms. The second-order valence-electron chi connectivity index (χ2n) is 7.16. The zero-order valence-corrected chi connectivity index (χ0v) is 13.1. The third-order valence-corrected chi connectivity index (χ3v) is 5.04. The SMILES string of the molecule is C1CC(c2noc(C3CC3)n2)CN(Cc2nc(C3CC3)no2)C1. The van der Waals surface area contributed by atoms with Crippen molar-refractivity contribution in [3.05, 3.63) is 23.4 Å². The van der Waals surface area contributed by atoms with Gasteiger partial charge in [0, 0.05) is 24.3 Å². The van der Waals surface area contributed by atoms with Gasteiger partial charge in [-0.05, 0) is 45.1 Å². The molecule has 7 nitrogen and oxygen atoms in total. The molecule has 0 spiro atoms. The smallest absolute Gasteiger partial charge is 0.240 e. The van der Waals surface area contributed by atoms with Crippen molar-refractivity contribution < 1.29 is 9.05 Å². The predicted octanol–water partition coefficient (Wildman–Crippen LogP) is 2.59. The standard InChI is InChI=1S/C16H21N5O2/c1-2-12(15-18-16(23-20-15)11-5-6-11)8-21(7-1)9-13-17-14(19-22-13)10-3-4-10/h10-12H,1-9H2. The summed E-state index contributed by atoms with van der Waals surface area (Å²) in [4.78, 5) is 11.5. The monoisotopic (exact) mass is 315 g/mol. The quantitative estimate of drug-likeness (QED) is 0.838.